The molecule has 0 fully saturated rings. The lowest BCUT2D eigenvalue weighted by molar-refractivity contribution is -0.402. The number of aromatic nitrogens is 1. The summed E-state index contributed by atoms with van der Waals surface area (Å²) in [4.78, 5) is 26.7. The number of amides is 1. The number of thiazole rings is 1. The molecule has 0 bridgehead atoms. The Bertz CT molecular complexity index is 985. The van der Waals surface area contributed by atoms with E-state index < -0.39 is 16.7 Å². The standard InChI is InChI=1S/C14H10BrN3O4S/c1-2-17-12-8(15)4-3-5-10(12)23-14(17)16-13(19)9-6-7-11(22-9)18(20)21/h3-7H,2H2,1H3. The van der Waals surface area contributed by atoms with E-state index in [-0.39, 0.29) is 5.76 Å². The van der Waals surface area contributed by atoms with E-state index in [1.165, 1.54) is 17.4 Å². The molecule has 0 spiro atoms. The van der Waals surface area contributed by atoms with Crippen molar-refractivity contribution in [2.24, 2.45) is 4.99 Å². The van der Waals surface area contributed by atoms with E-state index in [2.05, 4.69) is 20.9 Å². The second kappa shape index (κ2) is 6.09. The van der Waals surface area contributed by atoms with E-state index >= 15 is 0 Å². The van der Waals surface area contributed by atoms with Gasteiger partial charge in [0, 0.05) is 11.0 Å². The molecule has 1 amide bonds. The number of carbonyl (C=O) groups excluding carboxylic acids is 1. The summed E-state index contributed by atoms with van der Waals surface area (Å²) in [6, 6.07) is 8.16. The minimum Gasteiger partial charge on any atom is -0.395 e. The van der Waals surface area contributed by atoms with Crippen LogP contribution in [0.2, 0.25) is 0 Å². The Morgan fingerprint density at radius 1 is 1.43 bits per heavy atom. The highest BCUT2D eigenvalue weighted by molar-refractivity contribution is 9.10. The number of aryl methyl sites for hydroxylation is 1. The summed E-state index contributed by atoms with van der Waals surface area (Å²) in [5.74, 6) is -1.29. The van der Waals surface area contributed by atoms with Crippen LogP contribution in [0.5, 0.6) is 0 Å². The SMILES string of the molecule is CCn1c(=NC(=O)c2ccc([N+](=O)[O-])o2)sc2cccc(Br)c21. The van der Waals surface area contributed by atoms with Crippen LogP contribution in [-0.4, -0.2) is 15.4 Å². The summed E-state index contributed by atoms with van der Waals surface area (Å²) < 4.78 is 8.69. The van der Waals surface area contributed by atoms with E-state index in [0.29, 0.717) is 11.3 Å². The molecule has 0 saturated heterocycles. The van der Waals surface area contributed by atoms with Gasteiger partial charge >= 0.3 is 11.8 Å². The van der Waals surface area contributed by atoms with Crippen molar-refractivity contribution in [3.8, 4) is 0 Å². The monoisotopic (exact) mass is 395 g/mol. The highest BCUT2D eigenvalue weighted by atomic mass is 79.9. The molecular weight excluding hydrogens is 386 g/mol. The third-order valence-corrected chi connectivity index (χ3v) is 4.83. The lowest BCUT2D eigenvalue weighted by Gasteiger charge is -2.01. The molecule has 7 nitrogen and oxygen atoms in total. The van der Waals surface area contributed by atoms with Gasteiger partial charge in [-0.25, -0.2) is 0 Å². The number of rotatable bonds is 3. The molecule has 0 saturated carbocycles. The predicted molar refractivity (Wildman–Crippen MR) is 88.4 cm³/mol. The van der Waals surface area contributed by atoms with Crippen LogP contribution >= 0.6 is 27.3 Å². The maximum Gasteiger partial charge on any atom is 0.433 e. The van der Waals surface area contributed by atoms with Gasteiger partial charge in [0.05, 0.1) is 16.3 Å². The molecule has 1 aromatic carbocycles. The first-order valence-electron chi connectivity index (χ1n) is 6.62. The van der Waals surface area contributed by atoms with Gasteiger partial charge in [-0.2, -0.15) is 4.99 Å². The van der Waals surface area contributed by atoms with Gasteiger partial charge in [0.1, 0.15) is 4.92 Å². The van der Waals surface area contributed by atoms with Crippen molar-refractivity contribution in [2.75, 3.05) is 0 Å². The summed E-state index contributed by atoms with van der Waals surface area (Å²) in [6.45, 7) is 2.58. The predicted octanol–water partition coefficient (Wildman–Crippen LogP) is 3.73. The summed E-state index contributed by atoms with van der Waals surface area (Å²) in [5, 5.41) is 10.6. The fourth-order valence-electron chi connectivity index (χ4n) is 2.15. The first-order valence-corrected chi connectivity index (χ1v) is 8.23. The largest absolute Gasteiger partial charge is 0.433 e. The van der Waals surface area contributed by atoms with E-state index in [1.54, 1.807) is 0 Å². The Morgan fingerprint density at radius 2 is 2.22 bits per heavy atom. The Morgan fingerprint density at radius 3 is 2.87 bits per heavy atom. The van der Waals surface area contributed by atoms with E-state index in [4.69, 9.17) is 4.42 Å². The molecule has 118 valence electrons. The van der Waals surface area contributed by atoms with Crippen LogP contribution in [0.3, 0.4) is 0 Å². The number of fused-ring (bicyclic) bond motifs is 1. The molecular formula is C14H10BrN3O4S. The van der Waals surface area contributed by atoms with Gasteiger partial charge in [0.25, 0.3) is 0 Å². The number of hydrogen-bond acceptors (Lipinski definition) is 5. The number of benzene rings is 1. The van der Waals surface area contributed by atoms with Crippen LogP contribution in [0.15, 0.2) is 44.2 Å². The average Bonchev–Trinajstić information content (AvgIpc) is 3.12. The average molecular weight is 396 g/mol. The summed E-state index contributed by atoms with van der Waals surface area (Å²) in [6.07, 6.45) is 0. The molecule has 0 aliphatic carbocycles. The number of nitro groups is 1. The highest BCUT2D eigenvalue weighted by Crippen LogP contribution is 2.25. The Kier molecular flexibility index (Phi) is 4.14. The van der Waals surface area contributed by atoms with Crippen molar-refractivity contribution in [1.29, 1.82) is 0 Å². The molecule has 23 heavy (non-hydrogen) atoms. The number of hydrogen-bond donors (Lipinski definition) is 0. The number of para-hydroxylation sites is 1. The zero-order chi connectivity index (χ0) is 16.6. The lowest BCUT2D eigenvalue weighted by Crippen LogP contribution is -2.15. The molecule has 0 aliphatic rings. The van der Waals surface area contributed by atoms with E-state index in [9.17, 15) is 14.9 Å². The normalized spacial score (nSPS) is 12.0. The lowest BCUT2D eigenvalue weighted by atomic mass is 10.3. The van der Waals surface area contributed by atoms with Crippen molar-refractivity contribution < 1.29 is 14.1 Å². The van der Waals surface area contributed by atoms with Crippen LogP contribution in [0.25, 0.3) is 10.2 Å². The molecule has 9 heteroatoms. The zero-order valence-electron chi connectivity index (χ0n) is 11.9. The topological polar surface area (TPSA) is 90.6 Å². The first kappa shape index (κ1) is 15.6. The van der Waals surface area contributed by atoms with Gasteiger partial charge in [0.2, 0.25) is 5.76 Å². The number of nitrogens with zero attached hydrogens (tertiary/aromatic N) is 3. The molecule has 0 radical (unpaired) electrons. The summed E-state index contributed by atoms with van der Waals surface area (Å²) in [7, 11) is 0. The maximum absolute atomic E-state index is 12.2. The van der Waals surface area contributed by atoms with Gasteiger partial charge in [-0.3, -0.25) is 14.9 Å². The summed E-state index contributed by atoms with van der Waals surface area (Å²) >= 11 is 4.87. The first-order chi connectivity index (χ1) is 11.0. The molecule has 2 aromatic heterocycles. The van der Waals surface area contributed by atoms with Gasteiger partial charge < -0.3 is 8.98 Å². The van der Waals surface area contributed by atoms with Gasteiger partial charge in [-0.15, -0.1) is 0 Å². The number of halogens is 1. The molecule has 0 N–H and O–H groups in total. The second-order valence-electron chi connectivity index (χ2n) is 4.53. The van der Waals surface area contributed by atoms with Crippen LogP contribution in [0.1, 0.15) is 17.5 Å². The Hall–Kier alpha value is -2.26. The zero-order valence-corrected chi connectivity index (χ0v) is 14.3. The van der Waals surface area contributed by atoms with Crippen molar-refractivity contribution in [3.63, 3.8) is 0 Å². The van der Waals surface area contributed by atoms with Crippen LogP contribution < -0.4 is 4.80 Å². The van der Waals surface area contributed by atoms with Gasteiger partial charge in [-0.1, -0.05) is 17.4 Å². The van der Waals surface area contributed by atoms with Gasteiger partial charge in [-0.05, 0) is 41.1 Å². The van der Waals surface area contributed by atoms with E-state index in [0.717, 1.165) is 20.8 Å². The van der Waals surface area contributed by atoms with E-state index in [1.807, 2.05) is 29.7 Å². The molecule has 2 heterocycles. The van der Waals surface area contributed by atoms with Crippen LogP contribution in [0, 0.1) is 10.1 Å². The molecule has 3 rings (SSSR count). The number of carbonyl (C=O) groups is 1. The fraction of sp³-hybridized carbons (Fsp3) is 0.143. The smallest absolute Gasteiger partial charge is 0.395 e. The quantitative estimate of drug-likeness (QED) is 0.498. The minimum atomic E-state index is -0.695. The Labute approximate surface area is 142 Å². The molecule has 0 atom stereocenters. The van der Waals surface area contributed by atoms with Crippen LogP contribution in [0.4, 0.5) is 5.88 Å². The molecule has 3 aromatic rings. The number of furan rings is 1. The molecule has 0 aliphatic heterocycles. The van der Waals surface area contributed by atoms with Crippen molar-refractivity contribution in [1.82, 2.24) is 4.57 Å². The van der Waals surface area contributed by atoms with Crippen molar-refractivity contribution in [2.45, 2.75) is 13.5 Å². The highest BCUT2D eigenvalue weighted by Gasteiger charge is 2.17. The third-order valence-electron chi connectivity index (χ3n) is 3.15. The third kappa shape index (κ3) is 2.84. The van der Waals surface area contributed by atoms with Gasteiger partial charge in [0.15, 0.2) is 4.80 Å². The Balaban J connectivity index is 2.11. The van der Waals surface area contributed by atoms with Crippen LogP contribution in [-0.2, 0) is 6.54 Å². The van der Waals surface area contributed by atoms with Crippen molar-refractivity contribution in [3.05, 3.63) is 55.5 Å². The fourth-order valence-corrected chi connectivity index (χ4v) is 3.98. The van der Waals surface area contributed by atoms with Crippen molar-refractivity contribution >= 4 is 49.3 Å². The second-order valence-corrected chi connectivity index (χ2v) is 6.39. The minimum absolute atomic E-state index is 0.157. The maximum atomic E-state index is 12.2. The summed E-state index contributed by atoms with van der Waals surface area (Å²) in [5.41, 5.74) is 0.956. The molecule has 0 unspecified atom stereocenters.